The van der Waals surface area contributed by atoms with Gasteiger partial charge in [0, 0.05) is 0 Å². The van der Waals surface area contributed by atoms with Gasteiger partial charge in [-0.15, -0.1) is 11.3 Å². The van der Waals surface area contributed by atoms with Crippen molar-refractivity contribution in [3.8, 4) is 11.1 Å². The lowest BCUT2D eigenvalue weighted by Crippen LogP contribution is -2.24. The number of aromatic nitrogens is 2. The van der Waals surface area contributed by atoms with Crippen LogP contribution in [0.25, 0.3) is 21.3 Å². The molecule has 2 N–H and O–H groups in total. The number of oxazole rings is 1. The van der Waals surface area contributed by atoms with Crippen LogP contribution in [0, 0.1) is 0 Å². The van der Waals surface area contributed by atoms with Crippen LogP contribution in [-0.2, 0) is 17.8 Å². The first-order valence-corrected chi connectivity index (χ1v) is 9.29. The summed E-state index contributed by atoms with van der Waals surface area (Å²) in [5, 5.41) is 12.2. The number of hydrogen-bond acceptors (Lipinski definition) is 6. The van der Waals surface area contributed by atoms with E-state index in [1.807, 2.05) is 30.3 Å². The average molecular weight is 393 g/mol. The van der Waals surface area contributed by atoms with E-state index in [-0.39, 0.29) is 30.5 Å². The molecule has 8 heteroatoms. The Morgan fingerprint density at radius 3 is 2.64 bits per heavy atom. The van der Waals surface area contributed by atoms with Gasteiger partial charge in [0.1, 0.15) is 11.3 Å². The first kappa shape index (κ1) is 17.9. The fourth-order valence-electron chi connectivity index (χ4n) is 2.72. The summed E-state index contributed by atoms with van der Waals surface area (Å²) in [5.74, 6) is -1.27. The SMILES string of the molecule is O=C(Cc1nc2ccc(-c3ccccc3)cc2s1)NCc1nc(C(=O)O)co1. The predicted octanol–water partition coefficient (Wildman–Crippen LogP) is 3.51. The molecule has 0 aliphatic carbocycles. The second-order valence-electron chi connectivity index (χ2n) is 6.04. The molecule has 0 radical (unpaired) electrons. The Hall–Kier alpha value is -3.52. The number of carbonyl (C=O) groups is 2. The predicted molar refractivity (Wildman–Crippen MR) is 104 cm³/mol. The molecule has 2 heterocycles. The second kappa shape index (κ2) is 7.61. The third kappa shape index (κ3) is 3.91. The number of nitrogens with one attached hydrogen (secondary N) is 1. The number of carboxylic acids is 1. The lowest BCUT2D eigenvalue weighted by atomic mass is 10.1. The fourth-order valence-corrected chi connectivity index (χ4v) is 3.73. The van der Waals surface area contributed by atoms with Crippen molar-refractivity contribution in [2.45, 2.75) is 13.0 Å². The minimum Gasteiger partial charge on any atom is -0.476 e. The van der Waals surface area contributed by atoms with Crippen LogP contribution >= 0.6 is 11.3 Å². The maximum absolute atomic E-state index is 12.2. The smallest absolute Gasteiger partial charge is 0.357 e. The highest BCUT2D eigenvalue weighted by Gasteiger charge is 2.13. The van der Waals surface area contributed by atoms with Crippen molar-refractivity contribution in [3.05, 3.63) is 71.4 Å². The molecule has 1 amide bonds. The summed E-state index contributed by atoms with van der Waals surface area (Å²) >= 11 is 1.48. The summed E-state index contributed by atoms with van der Waals surface area (Å²) in [4.78, 5) is 31.2. The summed E-state index contributed by atoms with van der Waals surface area (Å²) in [5.41, 5.74) is 2.89. The summed E-state index contributed by atoms with van der Waals surface area (Å²) < 4.78 is 6.03. The standard InChI is InChI=1S/C20H15N3O4S/c24-17(21-10-18-22-15(11-27-18)20(25)26)9-19-23-14-7-6-13(8-16(14)28-19)12-4-2-1-3-5-12/h1-8,11H,9-10H2,(H,21,24)(H,25,26). The zero-order valence-electron chi connectivity index (χ0n) is 14.6. The molecule has 4 rings (SSSR count). The summed E-state index contributed by atoms with van der Waals surface area (Å²) in [6, 6.07) is 16.1. The molecule has 0 saturated carbocycles. The van der Waals surface area contributed by atoms with Crippen LogP contribution in [0.5, 0.6) is 0 Å². The Kier molecular flexibility index (Phi) is 4.86. The van der Waals surface area contributed by atoms with E-state index in [0.29, 0.717) is 5.01 Å². The number of benzene rings is 2. The van der Waals surface area contributed by atoms with Crippen LogP contribution < -0.4 is 5.32 Å². The third-order valence-electron chi connectivity index (χ3n) is 4.06. The first-order valence-electron chi connectivity index (χ1n) is 8.48. The molecule has 0 aliphatic rings. The van der Waals surface area contributed by atoms with E-state index in [4.69, 9.17) is 9.52 Å². The van der Waals surface area contributed by atoms with Gasteiger partial charge >= 0.3 is 5.97 Å². The van der Waals surface area contributed by atoms with E-state index >= 15 is 0 Å². The number of nitrogens with zero attached hydrogens (tertiary/aromatic N) is 2. The molecule has 0 spiro atoms. The molecule has 2 aromatic heterocycles. The molecule has 7 nitrogen and oxygen atoms in total. The molecule has 2 aromatic carbocycles. The highest BCUT2D eigenvalue weighted by Crippen LogP contribution is 2.28. The number of amides is 1. The molecule has 140 valence electrons. The van der Waals surface area contributed by atoms with E-state index < -0.39 is 5.97 Å². The second-order valence-corrected chi connectivity index (χ2v) is 7.16. The summed E-state index contributed by atoms with van der Waals surface area (Å²) in [7, 11) is 0. The van der Waals surface area contributed by atoms with Crippen LogP contribution in [-0.4, -0.2) is 27.0 Å². The number of fused-ring (bicyclic) bond motifs is 1. The number of thiazole rings is 1. The Morgan fingerprint density at radius 1 is 1.07 bits per heavy atom. The van der Waals surface area contributed by atoms with Gasteiger partial charge in [-0.05, 0) is 23.3 Å². The zero-order valence-corrected chi connectivity index (χ0v) is 15.4. The Bertz CT molecular complexity index is 1150. The summed E-state index contributed by atoms with van der Waals surface area (Å²) in [6.45, 7) is 0.0230. The minimum atomic E-state index is -1.18. The van der Waals surface area contributed by atoms with Crippen molar-refractivity contribution in [1.82, 2.24) is 15.3 Å². The molecule has 0 atom stereocenters. The van der Waals surface area contributed by atoms with Crippen molar-refractivity contribution in [2.24, 2.45) is 0 Å². The summed E-state index contributed by atoms with van der Waals surface area (Å²) in [6.07, 6.45) is 1.17. The van der Waals surface area contributed by atoms with Crippen LogP contribution in [0.1, 0.15) is 21.4 Å². The van der Waals surface area contributed by atoms with E-state index in [0.717, 1.165) is 27.6 Å². The van der Waals surface area contributed by atoms with E-state index in [2.05, 4.69) is 33.5 Å². The van der Waals surface area contributed by atoms with E-state index in [1.54, 1.807) is 0 Å². The van der Waals surface area contributed by atoms with Gasteiger partial charge in [-0.2, -0.15) is 0 Å². The van der Waals surface area contributed by atoms with Crippen molar-refractivity contribution in [1.29, 1.82) is 0 Å². The van der Waals surface area contributed by atoms with Crippen molar-refractivity contribution >= 4 is 33.4 Å². The van der Waals surface area contributed by atoms with Gasteiger partial charge in [0.15, 0.2) is 5.69 Å². The minimum absolute atomic E-state index is 0.0230. The molecular weight excluding hydrogens is 378 g/mol. The fraction of sp³-hybridized carbons (Fsp3) is 0.100. The van der Waals surface area contributed by atoms with Gasteiger partial charge in [0.05, 0.1) is 23.2 Å². The van der Waals surface area contributed by atoms with Gasteiger partial charge in [0.2, 0.25) is 11.8 Å². The normalized spacial score (nSPS) is 10.9. The number of carbonyl (C=O) groups excluding carboxylic acids is 1. The third-order valence-corrected chi connectivity index (χ3v) is 5.08. The zero-order chi connectivity index (χ0) is 19.5. The van der Waals surface area contributed by atoms with E-state index in [1.165, 1.54) is 11.3 Å². The van der Waals surface area contributed by atoms with Crippen molar-refractivity contribution < 1.29 is 19.1 Å². The van der Waals surface area contributed by atoms with Gasteiger partial charge in [-0.3, -0.25) is 4.79 Å². The molecule has 0 aliphatic heterocycles. The Labute approximate surface area is 163 Å². The van der Waals surface area contributed by atoms with Crippen molar-refractivity contribution in [2.75, 3.05) is 0 Å². The molecule has 0 unspecified atom stereocenters. The number of aromatic carboxylic acids is 1. The number of rotatable bonds is 6. The van der Waals surface area contributed by atoms with Gasteiger partial charge in [-0.1, -0.05) is 36.4 Å². The molecule has 0 fully saturated rings. The van der Waals surface area contributed by atoms with Crippen LogP contribution in [0.4, 0.5) is 0 Å². The average Bonchev–Trinajstić information content (AvgIpc) is 3.33. The molecule has 0 saturated heterocycles. The van der Waals surface area contributed by atoms with Crippen LogP contribution in [0.2, 0.25) is 0 Å². The first-order chi connectivity index (χ1) is 13.6. The van der Waals surface area contributed by atoms with Gasteiger partial charge in [0.25, 0.3) is 0 Å². The van der Waals surface area contributed by atoms with Gasteiger partial charge < -0.3 is 14.8 Å². The highest BCUT2D eigenvalue weighted by molar-refractivity contribution is 7.18. The highest BCUT2D eigenvalue weighted by atomic mass is 32.1. The molecule has 0 bridgehead atoms. The quantitative estimate of drug-likeness (QED) is 0.519. The molecule has 28 heavy (non-hydrogen) atoms. The number of carboxylic acid groups (broad SMARTS) is 1. The maximum atomic E-state index is 12.2. The lowest BCUT2D eigenvalue weighted by molar-refractivity contribution is -0.120. The lowest BCUT2D eigenvalue weighted by Gasteiger charge is -2.00. The van der Waals surface area contributed by atoms with Crippen molar-refractivity contribution in [3.63, 3.8) is 0 Å². The topological polar surface area (TPSA) is 105 Å². The van der Waals surface area contributed by atoms with Crippen LogP contribution in [0.3, 0.4) is 0 Å². The Morgan fingerprint density at radius 2 is 1.89 bits per heavy atom. The largest absolute Gasteiger partial charge is 0.476 e. The van der Waals surface area contributed by atoms with Crippen LogP contribution in [0.15, 0.2) is 59.2 Å². The molecular formula is C20H15N3O4S. The van der Waals surface area contributed by atoms with E-state index in [9.17, 15) is 9.59 Å². The molecule has 4 aromatic rings. The van der Waals surface area contributed by atoms with Gasteiger partial charge in [-0.25, -0.2) is 14.8 Å². The maximum Gasteiger partial charge on any atom is 0.357 e. The monoisotopic (exact) mass is 393 g/mol. The number of hydrogen-bond donors (Lipinski definition) is 2. The Balaban J connectivity index is 1.42.